The van der Waals surface area contributed by atoms with Crippen molar-refractivity contribution in [3.63, 3.8) is 0 Å². The fraction of sp³-hybridized carbons (Fsp3) is 0.455. The molecule has 0 amide bonds. The van der Waals surface area contributed by atoms with E-state index in [2.05, 4.69) is 21.2 Å². The molecule has 1 aromatic carbocycles. The van der Waals surface area contributed by atoms with Gasteiger partial charge in [0, 0.05) is 11.0 Å². The molecule has 0 aromatic heterocycles. The summed E-state index contributed by atoms with van der Waals surface area (Å²) in [5, 5.41) is 2.26. The second-order valence-electron chi connectivity index (χ2n) is 3.55. The highest BCUT2D eigenvalue weighted by Crippen LogP contribution is 2.21. The number of rotatable bonds is 5. The summed E-state index contributed by atoms with van der Waals surface area (Å²) in [4.78, 5) is 0. The molecule has 0 aliphatic rings. The van der Waals surface area contributed by atoms with E-state index < -0.39 is 12.7 Å². The van der Waals surface area contributed by atoms with Crippen molar-refractivity contribution in [3.05, 3.63) is 28.2 Å². The van der Waals surface area contributed by atoms with Crippen molar-refractivity contribution in [3.8, 4) is 5.75 Å². The van der Waals surface area contributed by atoms with Crippen LogP contribution >= 0.6 is 15.9 Å². The molecular weight excluding hydrogens is 299 g/mol. The third-order valence-corrected chi connectivity index (χ3v) is 2.89. The number of halogens is 4. The predicted molar refractivity (Wildman–Crippen MR) is 63.3 cm³/mol. The highest BCUT2D eigenvalue weighted by atomic mass is 79.9. The lowest BCUT2D eigenvalue weighted by molar-refractivity contribution is -0.124. The Morgan fingerprint density at radius 1 is 1.35 bits per heavy atom. The second-order valence-corrected chi connectivity index (χ2v) is 4.41. The summed E-state index contributed by atoms with van der Waals surface area (Å²) < 4.78 is 41.7. The van der Waals surface area contributed by atoms with Gasteiger partial charge in [-0.15, -0.1) is 0 Å². The summed E-state index contributed by atoms with van der Waals surface area (Å²) >= 11 is 3.35. The van der Waals surface area contributed by atoms with Crippen LogP contribution < -0.4 is 10.1 Å². The van der Waals surface area contributed by atoms with Crippen molar-refractivity contribution >= 4 is 15.9 Å². The molecule has 0 aliphatic carbocycles. The number of alkyl halides is 3. The minimum absolute atomic E-state index is 0.161. The van der Waals surface area contributed by atoms with Gasteiger partial charge in [-0.3, -0.25) is 0 Å². The highest BCUT2D eigenvalue weighted by molar-refractivity contribution is 9.10. The highest BCUT2D eigenvalue weighted by Gasteiger charge is 2.25. The lowest BCUT2D eigenvalue weighted by atomic mass is 10.2. The van der Waals surface area contributed by atoms with Gasteiger partial charge in [-0.1, -0.05) is 15.9 Å². The zero-order valence-corrected chi connectivity index (χ0v) is 10.9. The van der Waals surface area contributed by atoms with Gasteiger partial charge in [-0.2, -0.15) is 13.2 Å². The van der Waals surface area contributed by atoms with E-state index in [9.17, 15) is 13.2 Å². The van der Waals surface area contributed by atoms with Crippen molar-refractivity contribution in [2.75, 3.05) is 19.7 Å². The van der Waals surface area contributed by atoms with Crippen LogP contribution in [0.3, 0.4) is 0 Å². The van der Waals surface area contributed by atoms with E-state index in [4.69, 9.17) is 4.74 Å². The molecule has 2 nitrogen and oxygen atoms in total. The Balaban J connectivity index is 2.25. The van der Waals surface area contributed by atoms with Crippen molar-refractivity contribution in [2.45, 2.75) is 13.1 Å². The van der Waals surface area contributed by atoms with Crippen LogP contribution in [0.4, 0.5) is 13.2 Å². The average Bonchev–Trinajstić information content (AvgIpc) is 2.21. The van der Waals surface area contributed by atoms with Gasteiger partial charge in [0.2, 0.25) is 0 Å². The molecule has 1 rings (SSSR count). The smallest absolute Gasteiger partial charge is 0.401 e. The van der Waals surface area contributed by atoms with Crippen LogP contribution in [0.5, 0.6) is 5.75 Å². The molecule has 0 atom stereocenters. The van der Waals surface area contributed by atoms with Crippen molar-refractivity contribution in [1.82, 2.24) is 5.32 Å². The van der Waals surface area contributed by atoms with E-state index in [-0.39, 0.29) is 13.2 Å². The largest absolute Gasteiger partial charge is 0.492 e. The molecule has 0 unspecified atom stereocenters. The normalized spacial score (nSPS) is 11.6. The molecule has 0 spiro atoms. The molecule has 0 saturated carbocycles. The van der Waals surface area contributed by atoms with Crippen molar-refractivity contribution < 1.29 is 17.9 Å². The van der Waals surface area contributed by atoms with Crippen molar-refractivity contribution in [1.29, 1.82) is 0 Å². The number of nitrogens with one attached hydrogen (secondary N) is 1. The van der Waals surface area contributed by atoms with E-state index in [1.165, 1.54) is 0 Å². The number of benzene rings is 1. The Morgan fingerprint density at radius 2 is 2.06 bits per heavy atom. The summed E-state index contributed by atoms with van der Waals surface area (Å²) in [5.74, 6) is 0.652. The Hall–Kier alpha value is -0.750. The topological polar surface area (TPSA) is 21.3 Å². The molecule has 1 aromatic rings. The Bertz CT molecular complexity index is 368. The Kier molecular flexibility index (Phi) is 5.27. The van der Waals surface area contributed by atoms with E-state index in [0.717, 1.165) is 10.0 Å². The summed E-state index contributed by atoms with van der Waals surface area (Å²) in [5.41, 5.74) is 1.02. The standard InChI is InChI=1S/C11H13BrF3NO/c1-8-6-9(2-3-10(8)12)17-5-4-16-7-11(13,14)15/h2-3,6,16H,4-5,7H2,1H3. The van der Waals surface area contributed by atoms with E-state index >= 15 is 0 Å². The van der Waals surface area contributed by atoms with Gasteiger partial charge in [0.05, 0.1) is 6.54 Å². The first-order valence-corrected chi connectivity index (χ1v) is 5.84. The van der Waals surface area contributed by atoms with Gasteiger partial charge >= 0.3 is 6.18 Å². The summed E-state index contributed by atoms with van der Waals surface area (Å²) in [6.45, 7) is 1.29. The molecule has 0 saturated heterocycles. The van der Waals surface area contributed by atoms with Crippen LogP contribution in [0, 0.1) is 6.92 Å². The SMILES string of the molecule is Cc1cc(OCCNCC(F)(F)F)ccc1Br. The number of aryl methyl sites for hydroxylation is 1. The van der Waals surface area contributed by atoms with Gasteiger partial charge in [0.25, 0.3) is 0 Å². The fourth-order valence-electron chi connectivity index (χ4n) is 1.18. The summed E-state index contributed by atoms with van der Waals surface area (Å²) in [6.07, 6.45) is -4.17. The number of hydrogen-bond acceptors (Lipinski definition) is 2. The summed E-state index contributed by atoms with van der Waals surface area (Å²) in [7, 11) is 0. The number of hydrogen-bond donors (Lipinski definition) is 1. The van der Waals surface area contributed by atoms with Gasteiger partial charge in [0.1, 0.15) is 12.4 Å². The zero-order chi connectivity index (χ0) is 12.9. The lowest BCUT2D eigenvalue weighted by Gasteiger charge is -2.10. The van der Waals surface area contributed by atoms with Crippen LogP contribution in [0.1, 0.15) is 5.56 Å². The molecule has 0 bridgehead atoms. The molecule has 0 heterocycles. The molecule has 1 N–H and O–H groups in total. The van der Waals surface area contributed by atoms with Crippen LogP contribution in [-0.2, 0) is 0 Å². The second kappa shape index (κ2) is 6.26. The van der Waals surface area contributed by atoms with E-state index in [1.807, 2.05) is 19.1 Å². The van der Waals surface area contributed by atoms with Gasteiger partial charge in [-0.25, -0.2) is 0 Å². The zero-order valence-electron chi connectivity index (χ0n) is 9.27. The molecule has 0 fully saturated rings. The van der Waals surface area contributed by atoms with E-state index in [1.54, 1.807) is 6.07 Å². The van der Waals surface area contributed by atoms with Crippen LogP contribution in [0.15, 0.2) is 22.7 Å². The molecule has 96 valence electrons. The van der Waals surface area contributed by atoms with Crippen LogP contribution in [0.25, 0.3) is 0 Å². The minimum atomic E-state index is -4.17. The molecule has 6 heteroatoms. The first kappa shape index (κ1) is 14.3. The van der Waals surface area contributed by atoms with E-state index in [0.29, 0.717) is 5.75 Å². The molecule has 0 radical (unpaired) electrons. The third-order valence-electron chi connectivity index (χ3n) is 2.00. The predicted octanol–water partition coefficient (Wildman–Crippen LogP) is 3.29. The van der Waals surface area contributed by atoms with Gasteiger partial charge in [0.15, 0.2) is 0 Å². The maximum atomic E-state index is 11.8. The first-order chi connectivity index (χ1) is 7.88. The van der Waals surface area contributed by atoms with Gasteiger partial charge in [-0.05, 0) is 30.7 Å². The van der Waals surface area contributed by atoms with Crippen molar-refractivity contribution in [2.24, 2.45) is 0 Å². The molecule has 0 aliphatic heterocycles. The van der Waals surface area contributed by atoms with Crippen LogP contribution in [-0.4, -0.2) is 25.9 Å². The first-order valence-electron chi connectivity index (χ1n) is 5.05. The van der Waals surface area contributed by atoms with Gasteiger partial charge < -0.3 is 10.1 Å². The maximum Gasteiger partial charge on any atom is 0.401 e. The Labute approximate surface area is 106 Å². The fourth-order valence-corrected chi connectivity index (χ4v) is 1.42. The average molecular weight is 312 g/mol. The quantitative estimate of drug-likeness (QED) is 0.843. The lowest BCUT2D eigenvalue weighted by Crippen LogP contribution is -2.31. The third kappa shape index (κ3) is 5.93. The summed E-state index contributed by atoms with van der Waals surface area (Å²) in [6, 6.07) is 5.43. The minimum Gasteiger partial charge on any atom is -0.492 e. The maximum absolute atomic E-state index is 11.8. The molecule has 17 heavy (non-hydrogen) atoms. The molecular formula is C11H13BrF3NO. The van der Waals surface area contributed by atoms with Crippen LogP contribution in [0.2, 0.25) is 0 Å². The Morgan fingerprint density at radius 3 is 2.65 bits per heavy atom. The number of ether oxygens (including phenoxy) is 1. The monoisotopic (exact) mass is 311 g/mol.